The summed E-state index contributed by atoms with van der Waals surface area (Å²) >= 11 is 6.40. The molecule has 0 aliphatic rings. The molecule has 4 rings (SSSR count). The normalized spacial score (nSPS) is 10.9. The van der Waals surface area contributed by atoms with Gasteiger partial charge in [0.25, 0.3) is 5.91 Å². The second-order valence-corrected chi connectivity index (χ2v) is 7.88. The van der Waals surface area contributed by atoms with Gasteiger partial charge in [-0.05, 0) is 55.3 Å². The molecular weight excluding hydrogens is 426 g/mol. The van der Waals surface area contributed by atoms with Gasteiger partial charge in [-0.25, -0.2) is 4.98 Å². The van der Waals surface area contributed by atoms with Crippen molar-refractivity contribution < 1.29 is 9.53 Å². The minimum atomic E-state index is -0.426. The maximum absolute atomic E-state index is 12.6. The van der Waals surface area contributed by atoms with Crippen molar-refractivity contribution in [2.45, 2.75) is 26.4 Å². The lowest BCUT2D eigenvalue weighted by atomic mass is 10.1. The van der Waals surface area contributed by atoms with Crippen LogP contribution in [-0.2, 0) is 6.42 Å². The number of hydrogen-bond acceptors (Lipinski definition) is 5. The molecule has 0 unspecified atom stereocenters. The van der Waals surface area contributed by atoms with Crippen molar-refractivity contribution in [3.8, 4) is 16.9 Å². The SMILES string of the molecule is CC(C)Oc1ccc(Cl)c(-c2ccnc(NC(=O)c3nnc(Cc4ccccc4)[nH]3)c2)c1. The van der Waals surface area contributed by atoms with Gasteiger partial charge in [0.05, 0.1) is 6.10 Å². The van der Waals surface area contributed by atoms with Gasteiger partial charge in [-0.15, -0.1) is 10.2 Å². The van der Waals surface area contributed by atoms with E-state index in [2.05, 4.69) is 25.5 Å². The predicted molar refractivity (Wildman–Crippen MR) is 124 cm³/mol. The number of hydrogen-bond donors (Lipinski definition) is 2. The van der Waals surface area contributed by atoms with Crippen molar-refractivity contribution in [2.75, 3.05) is 5.32 Å². The molecule has 0 atom stereocenters. The van der Waals surface area contributed by atoms with E-state index in [1.165, 1.54) is 0 Å². The van der Waals surface area contributed by atoms with Crippen LogP contribution < -0.4 is 10.1 Å². The molecule has 0 saturated heterocycles. The topological polar surface area (TPSA) is 92.8 Å². The van der Waals surface area contributed by atoms with Crippen LogP contribution in [0.2, 0.25) is 5.02 Å². The fourth-order valence-corrected chi connectivity index (χ4v) is 3.41. The Bertz CT molecular complexity index is 1220. The van der Waals surface area contributed by atoms with E-state index in [0.29, 0.717) is 23.1 Å². The molecular formula is C24H22ClN5O2. The Morgan fingerprint density at radius 2 is 1.91 bits per heavy atom. The Balaban J connectivity index is 1.49. The number of halogens is 1. The van der Waals surface area contributed by atoms with Crippen LogP contribution in [0.15, 0.2) is 66.9 Å². The highest BCUT2D eigenvalue weighted by Crippen LogP contribution is 2.32. The quantitative estimate of drug-likeness (QED) is 0.408. The minimum Gasteiger partial charge on any atom is -0.491 e. The van der Waals surface area contributed by atoms with Crippen LogP contribution in [0.1, 0.15) is 35.9 Å². The highest BCUT2D eigenvalue weighted by Gasteiger charge is 2.14. The molecule has 162 valence electrons. The molecule has 2 heterocycles. The highest BCUT2D eigenvalue weighted by atomic mass is 35.5. The molecule has 2 N–H and O–H groups in total. The van der Waals surface area contributed by atoms with E-state index in [-0.39, 0.29) is 11.9 Å². The lowest BCUT2D eigenvalue weighted by Crippen LogP contribution is -2.14. The fourth-order valence-electron chi connectivity index (χ4n) is 3.18. The second kappa shape index (κ2) is 9.62. The van der Waals surface area contributed by atoms with Crippen molar-refractivity contribution >= 4 is 23.3 Å². The van der Waals surface area contributed by atoms with Crippen molar-refractivity contribution in [2.24, 2.45) is 0 Å². The Labute approximate surface area is 190 Å². The van der Waals surface area contributed by atoms with Crippen LogP contribution in [0.4, 0.5) is 5.82 Å². The van der Waals surface area contributed by atoms with Gasteiger partial charge in [0.1, 0.15) is 17.4 Å². The number of amides is 1. The summed E-state index contributed by atoms with van der Waals surface area (Å²) in [6.45, 7) is 3.92. The Morgan fingerprint density at radius 1 is 1.09 bits per heavy atom. The Kier molecular flexibility index (Phi) is 6.47. The molecule has 0 spiro atoms. The maximum Gasteiger partial charge on any atom is 0.294 e. The number of benzene rings is 2. The van der Waals surface area contributed by atoms with Gasteiger partial charge >= 0.3 is 0 Å². The first kappa shape index (κ1) is 21.5. The van der Waals surface area contributed by atoms with Crippen molar-refractivity contribution in [1.29, 1.82) is 0 Å². The molecule has 0 saturated carbocycles. The molecule has 0 radical (unpaired) electrons. The number of carbonyl (C=O) groups is 1. The van der Waals surface area contributed by atoms with Gasteiger partial charge in [-0.1, -0.05) is 41.9 Å². The predicted octanol–water partition coefficient (Wildman–Crippen LogP) is 5.15. The second-order valence-electron chi connectivity index (χ2n) is 7.47. The van der Waals surface area contributed by atoms with E-state index in [0.717, 1.165) is 22.4 Å². The van der Waals surface area contributed by atoms with Crippen molar-refractivity contribution in [3.63, 3.8) is 0 Å². The molecule has 2 aromatic carbocycles. The molecule has 1 amide bonds. The molecule has 0 bridgehead atoms. The maximum atomic E-state index is 12.6. The van der Waals surface area contributed by atoms with Crippen LogP contribution in [0.5, 0.6) is 5.75 Å². The summed E-state index contributed by atoms with van der Waals surface area (Å²) in [7, 11) is 0. The zero-order valence-corrected chi connectivity index (χ0v) is 18.4. The van der Waals surface area contributed by atoms with E-state index < -0.39 is 5.91 Å². The molecule has 0 aliphatic carbocycles. The number of anilines is 1. The largest absolute Gasteiger partial charge is 0.491 e. The number of pyridine rings is 1. The zero-order valence-electron chi connectivity index (χ0n) is 17.7. The minimum absolute atomic E-state index is 0.0463. The van der Waals surface area contributed by atoms with E-state index in [1.807, 2.05) is 62.4 Å². The van der Waals surface area contributed by atoms with Gasteiger partial charge in [-0.3, -0.25) is 4.79 Å². The third-order valence-electron chi connectivity index (χ3n) is 4.59. The summed E-state index contributed by atoms with van der Waals surface area (Å²) in [5, 5.41) is 11.4. The molecule has 8 heteroatoms. The average Bonchev–Trinajstić information content (AvgIpc) is 3.24. The lowest BCUT2D eigenvalue weighted by molar-refractivity contribution is 0.101. The van der Waals surface area contributed by atoms with Gasteiger partial charge in [0, 0.05) is 23.2 Å². The molecule has 4 aromatic rings. The van der Waals surface area contributed by atoms with E-state index in [9.17, 15) is 4.79 Å². The van der Waals surface area contributed by atoms with Gasteiger partial charge in [0.2, 0.25) is 5.82 Å². The summed E-state index contributed by atoms with van der Waals surface area (Å²) in [6.07, 6.45) is 2.21. The van der Waals surface area contributed by atoms with Crippen LogP contribution in [0, 0.1) is 0 Å². The van der Waals surface area contributed by atoms with Crippen LogP contribution >= 0.6 is 11.6 Å². The van der Waals surface area contributed by atoms with Crippen molar-refractivity contribution in [1.82, 2.24) is 20.2 Å². The first-order chi connectivity index (χ1) is 15.5. The number of nitrogens with zero attached hydrogens (tertiary/aromatic N) is 3. The third kappa shape index (κ3) is 5.31. The zero-order chi connectivity index (χ0) is 22.5. The Morgan fingerprint density at radius 3 is 2.69 bits per heavy atom. The smallest absolute Gasteiger partial charge is 0.294 e. The third-order valence-corrected chi connectivity index (χ3v) is 4.91. The van der Waals surface area contributed by atoms with Crippen LogP contribution in [-0.4, -0.2) is 32.2 Å². The Hall–Kier alpha value is -3.71. The first-order valence-corrected chi connectivity index (χ1v) is 10.5. The molecule has 2 aromatic heterocycles. The standard InChI is InChI=1S/C24H22ClN5O2/c1-15(2)32-18-8-9-20(25)19(14-18)17-10-11-26-21(13-17)28-24(31)23-27-22(29-30-23)12-16-6-4-3-5-7-16/h3-11,13-15H,12H2,1-2H3,(H,26,28,31)(H,27,29,30). The number of rotatable bonds is 7. The lowest BCUT2D eigenvalue weighted by Gasteiger charge is -2.13. The fraction of sp³-hybridized carbons (Fsp3) is 0.167. The first-order valence-electron chi connectivity index (χ1n) is 10.2. The number of nitrogens with one attached hydrogen (secondary N) is 2. The summed E-state index contributed by atoms with van der Waals surface area (Å²) in [6, 6.07) is 18.9. The molecule has 7 nitrogen and oxygen atoms in total. The highest BCUT2D eigenvalue weighted by molar-refractivity contribution is 6.33. The number of ether oxygens (including phenoxy) is 1. The van der Waals surface area contributed by atoms with E-state index >= 15 is 0 Å². The van der Waals surface area contributed by atoms with E-state index in [1.54, 1.807) is 18.3 Å². The van der Waals surface area contributed by atoms with Gasteiger partial charge in [-0.2, -0.15) is 0 Å². The van der Waals surface area contributed by atoms with Crippen LogP contribution in [0.25, 0.3) is 11.1 Å². The number of aromatic amines is 1. The van der Waals surface area contributed by atoms with Gasteiger partial charge < -0.3 is 15.0 Å². The van der Waals surface area contributed by atoms with Gasteiger partial charge in [0.15, 0.2) is 0 Å². The summed E-state index contributed by atoms with van der Waals surface area (Å²) < 4.78 is 5.77. The summed E-state index contributed by atoms with van der Waals surface area (Å²) in [5.41, 5.74) is 2.66. The number of H-pyrrole nitrogens is 1. The molecule has 32 heavy (non-hydrogen) atoms. The number of aromatic nitrogens is 4. The molecule has 0 aliphatic heterocycles. The van der Waals surface area contributed by atoms with Crippen molar-refractivity contribution in [3.05, 3.63) is 89.1 Å². The molecule has 0 fully saturated rings. The monoisotopic (exact) mass is 447 g/mol. The average molecular weight is 448 g/mol. The van der Waals surface area contributed by atoms with Crippen LogP contribution in [0.3, 0.4) is 0 Å². The number of carbonyl (C=O) groups excluding carboxylic acids is 1. The summed E-state index contributed by atoms with van der Waals surface area (Å²) in [4.78, 5) is 19.8. The van der Waals surface area contributed by atoms with E-state index in [4.69, 9.17) is 16.3 Å². The summed E-state index contributed by atoms with van der Waals surface area (Å²) in [5.74, 6) is 1.39.